The molecule has 0 aromatic rings. The van der Waals surface area contributed by atoms with E-state index in [1.54, 1.807) is 0 Å². The van der Waals surface area contributed by atoms with Crippen LogP contribution >= 0.6 is 0 Å². The van der Waals surface area contributed by atoms with Gasteiger partial charge in [-0.05, 0) is 44.9 Å². The average molecular weight is 835 g/mol. The first-order valence-corrected chi connectivity index (χ1v) is 24.2. The molecule has 2 atom stereocenters. The number of nitrogens with zero attached hydrogens (tertiary/aromatic N) is 1. The maximum atomic E-state index is 12.8. The number of allylic oxidation sites excluding steroid dienone is 6. The number of carbonyl (C=O) groups is 3. The molecule has 0 spiro atoms. The van der Waals surface area contributed by atoms with E-state index in [9.17, 15) is 19.5 Å². The highest BCUT2D eigenvalue weighted by Crippen LogP contribution is 2.16. The fourth-order valence-electron chi connectivity index (χ4n) is 6.67. The van der Waals surface area contributed by atoms with E-state index in [0.717, 1.165) is 64.2 Å². The lowest BCUT2D eigenvalue weighted by Gasteiger charge is -2.25. The number of carbonyl (C=O) groups excluding carboxylic acids is 2. The predicted molar refractivity (Wildman–Crippen MR) is 244 cm³/mol. The highest BCUT2D eigenvalue weighted by molar-refractivity contribution is 5.71. The minimum absolute atomic E-state index is 0.183. The molecular formula is C50H92NO8+. The SMILES string of the molecule is CC/C=C\C/C=C\C/C=C\CCCCCCCCCC(=O)OC(COC(=O)CCCCCCCCCCCCCCCCCCC)COC(OCC[N+](C)(C)C)C(=O)O. The largest absolute Gasteiger partial charge is 0.477 e. The molecule has 0 aliphatic carbocycles. The first kappa shape index (κ1) is 56.5. The van der Waals surface area contributed by atoms with Gasteiger partial charge in [0.05, 0.1) is 34.4 Å². The summed E-state index contributed by atoms with van der Waals surface area (Å²) in [4.78, 5) is 37.2. The van der Waals surface area contributed by atoms with Gasteiger partial charge >= 0.3 is 17.9 Å². The summed E-state index contributed by atoms with van der Waals surface area (Å²) in [6.07, 6.45) is 44.8. The molecule has 0 saturated heterocycles. The van der Waals surface area contributed by atoms with Crippen LogP contribution in [-0.2, 0) is 33.3 Å². The Balaban J connectivity index is 4.38. The highest BCUT2D eigenvalue weighted by atomic mass is 16.7. The number of esters is 2. The summed E-state index contributed by atoms with van der Waals surface area (Å²) in [5.41, 5.74) is 0. The lowest BCUT2D eigenvalue weighted by atomic mass is 10.0. The Labute approximate surface area is 362 Å². The van der Waals surface area contributed by atoms with Crippen molar-refractivity contribution in [2.45, 2.75) is 219 Å². The second kappa shape index (κ2) is 42.2. The molecule has 9 nitrogen and oxygen atoms in total. The van der Waals surface area contributed by atoms with Crippen LogP contribution in [0, 0.1) is 0 Å². The van der Waals surface area contributed by atoms with Gasteiger partial charge < -0.3 is 28.5 Å². The Hall–Kier alpha value is -2.49. The van der Waals surface area contributed by atoms with E-state index in [4.69, 9.17) is 18.9 Å². The van der Waals surface area contributed by atoms with Crippen molar-refractivity contribution in [1.29, 1.82) is 0 Å². The van der Waals surface area contributed by atoms with E-state index in [0.29, 0.717) is 23.9 Å². The van der Waals surface area contributed by atoms with Gasteiger partial charge in [-0.2, -0.15) is 0 Å². The van der Waals surface area contributed by atoms with Gasteiger partial charge in [0.15, 0.2) is 6.10 Å². The van der Waals surface area contributed by atoms with Crippen LogP contribution in [0.25, 0.3) is 0 Å². The number of ether oxygens (including phenoxy) is 4. The minimum atomic E-state index is -1.51. The fourth-order valence-corrected chi connectivity index (χ4v) is 6.67. The minimum Gasteiger partial charge on any atom is -0.477 e. The lowest BCUT2D eigenvalue weighted by Crippen LogP contribution is -2.40. The van der Waals surface area contributed by atoms with E-state index in [1.165, 1.54) is 109 Å². The molecule has 0 aromatic heterocycles. The topological polar surface area (TPSA) is 108 Å². The summed E-state index contributed by atoms with van der Waals surface area (Å²) in [7, 11) is 5.96. The van der Waals surface area contributed by atoms with Crippen LogP contribution in [0.1, 0.15) is 206 Å². The van der Waals surface area contributed by atoms with Gasteiger partial charge in [0.1, 0.15) is 13.2 Å². The number of hydrogen-bond donors (Lipinski definition) is 1. The first-order chi connectivity index (χ1) is 28.6. The van der Waals surface area contributed by atoms with Gasteiger partial charge in [0.2, 0.25) is 0 Å². The molecule has 0 aromatic carbocycles. The zero-order chi connectivity index (χ0) is 43.5. The number of quaternary nitrogens is 1. The first-order valence-electron chi connectivity index (χ1n) is 24.2. The Morgan fingerprint density at radius 2 is 0.966 bits per heavy atom. The number of carboxylic acid groups (broad SMARTS) is 1. The van der Waals surface area contributed by atoms with Gasteiger partial charge in [-0.1, -0.05) is 185 Å². The summed E-state index contributed by atoms with van der Waals surface area (Å²) in [5, 5.41) is 9.65. The molecule has 0 radical (unpaired) electrons. The van der Waals surface area contributed by atoms with Crippen molar-refractivity contribution in [2.24, 2.45) is 0 Å². The molecule has 0 bridgehead atoms. The second-order valence-corrected chi connectivity index (χ2v) is 17.4. The van der Waals surface area contributed by atoms with E-state index in [1.807, 2.05) is 21.1 Å². The fraction of sp³-hybridized carbons (Fsp3) is 0.820. The summed E-state index contributed by atoms with van der Waals surface area (Å²) in [6.45, 7) is 4.77. The Kier molecular flexibility index (Phi) is 40.4. The van der Waals surface area contributed by atoms with Crippen molar-refractivity contribution in [1.82, 2.24) is 0 Å². The Bertz CT molecular complexity index is 1070. The Morgan fingerprint density at radius 1 is 0.525 bits per heavy atom. The number of likely N-dealkylation sites (N-methyl/N-ethyl adjacent to an activating group) is 1. The summed E-state index contributed by atoms with van der Waals surface area (Å²) in [6, 6.07) is 0. The normalized spacial score (nSPS) is 13.2. The van der Waals surface area contributed by atoms with Crippen LogP contribution < -0.4 is 0 Å². The third-order valence-corrected chi connectivity index (χ3v) is 10.4. The van der Waals surface area contributed by atoms with Crippen LogP contribution in [-0.4, -0.2) is 87.4 Å². The number of rotatable bonds is 44. The summed E-state index contributed by atoms with van der Waals surface area (Å²) in [5.74, 6) is -2.01. The number of carboxylic acids is 1. The zero-order valence-corrected chi connectivity index (χ0v) is 38.9. The average Bonchev–Trinajstić information content (AvgIpc) is 3.19. The molecule has 59 heavy (non-hydrogen) atoms. The second-order valence-electron chi connectivity index (χ2n) is 17.4. The molecule has 2 unspecified atom stereocenters. The van der Waals surface area contributed by atoms with Crippen molar-refractivity contribution in [3.63, 3.8) is 0 Å². The summed E-state index contributed by atoms with van der Waals surface area (Å²) >= 11 is 0. The highest BCUT2D eigenvalue weighted by Gasteiger charge is 2.25. The van der Waals surface area contributed by atoms with Crippen LogP contribution in [0.15, 0.2) is 36.5 Å². The molecule has 0 aliphatic heterocycles. The molecule has 0 rings (SSSR count). The Morgan fingerprint density at radius 3 is 1.44 bits per heavy atom. The molecule has 0 saturated carbocycles. The molecule has 9 heteroatoms. The van der Waals surface area contributed by atoms with Crippen LogP contribution in [0.5, 0.6) is 0 Å². The van der Waals surface area contributed by atoms with Crippen LogP contribution in [0.4, 0.5) is 0 Å². The monoisotopic (exact) mass is 835 g/mol. The van der Waals surface area contributed by atoms with Crippen LogP contribution in [0.3, 0.4) is 0 Å². The molecule has 0 fully saturated rings. The van der Waals surface area contributed by atoms with E-state index >= 15 is 0 Å². The van der Waals surface area contributed by atoms with Crippen LogP contribution in [0.2, 0.25) is 0 Å². The molecule has 344 valence electrons. The van der Waals surface area contributed by atoms with Crippen molar-refractivity contribution in [3.05, 3.63) is 36.5 Å². The number of unbranched alkanes of at least 4 members (excludes halogenated alkanes) is 23. The maximum Gasteiger partial charge on any atom is 0.361 e. The third-order valence-electron chi connectivity index (χ3n) is 10.4. The van der Waals surface area contributed by atoms with Crippen molar-refractivity contribution >= 4 is 17.9 Å². The maximum absolute atomic E-state index is 12.8. The van der Waals surface area contributed by atoms with Crippen molar-refractivity contribution < 1.29 is 42.9 Å². The predicted octanol–water partition coefficient (Wildman–Crippen LogP) is 13.0. The smallest absolute Gasteiger partial charge is 0.361 e. The van der Waals surface area contributed by atoms with Gasteiger partial charge in [-0.3, -0.25) is 9.59 Å². The van der Waals surface area contributed by atoms with E-state index in [-0.39, 0.29) is 32.2 Å². The molecule has 0 aliphatic rings. The number of hydrogen-bond acceptors (Lipinski definition) is 7. The van der Waals surface area contributed by atoms with E-state index in [2.05, 4.69) is 50.3 Å². The summed E-state index contributed by atoms with van der Waals surface area (Å²) < 4.78 is 22.8. The van der Waals surface area contributed by atoms with Gasteiger partial charge in [0.25, 0.3) is 6.29 Å². The van der Waals surface area contributed by atoms with Crippen molar-refractivity contribution in [2.75, 3.05) is 47.5 Å². The molecule has 0 heterocycles. The standard InChI is InChI=1S/C50H91NO8/c1-6-8-10-12-14-16-18-20-22-24-26-28-30-32-34-36-38-40-47(52)57-44-46(45-58-50(49(54)55)56-43-42-51(3,4)5)59-48(53)41-39-37-35-33-31-29-27-25-23-21-19-17-15-13-11-9-7-2/h9,11,15,17,21,23,46,50H,6-8,10,12-14,16,18-20,22,24-45H2,1-5H3/p+1/b11-9-,17-15-,23-21-. The third kappa shape index (κ3) is 43.4. The molecular weight excluding hydrogens is 743 g/mol. The van der Waals surface area contributed by atoms with Gasteiger partial charge in [0, 0.05) is 12.8 Å². The van der Waals surface area contributed by atoms with Crippen molar-refractivity contribution in [3.8, 4) is 0 Å². The van der Waals surface area contributed by atoms with Gasteiger partial charge in [-0.15, -0.1) is 0 Å². The van der Waals surface area contributed by atoms with Gasteiger partial charge in [-0.25, -0.2) is 4.79 Å². The van der Waals surface area contributed by atoms with E-state index < -0.39 is 24.3 Å². The molecule has 0 amide bonds. The lowest BCUT2D eigenvalue weighted by molar-refractivity contribution is -0.870. The quantitative estimate of drug-likeness (QED) is 0.0213. The zero-order valence-electron chi connectivity index (χ0n) is 38.9. The number of aliphatic carboxylic acids is 1. The molecule has 1 N–H and O–H groups in total.